The van der Waals surface area contributed by atoms with Gasteiger partial charge in [0.15, 0.2) is 11.5 Å². The minimum Gasteiger partial charge on any atom is -0.507 e. The normalized spacial score (nSPS) is 22.1. The van der Waals surface area contributed by atoms with Crippen molar-refractivity contribution in [2.45, 2.75) is 31.9 Å². The Morgan fingerprint density at radius 1 is 1.18 bits per heavy atom. The quantitative estimate of drug-likeness (QED) is 0.388. The summed E-state index contributed by atoms with van der Waals surface area (Å²) in [6.07, 6.45) is 1.47. The van der Waals surface area contributed by atoms with E-state index < -0.39 is 23.5 Å². The zero-order valence-corrected chi connectivity index (χ0v) is 18.5. The van der Waals surface area contributed by atoms with E-state index in [1.807, 2.05) is 6.92 Å². The first-order valence-corrected chi connectivity index (χ1v) is 10.9. The summed E-state index contributed by atoms with van der Waals surface area (Å²) in [5.41, 5.74) is 0.765. The molecule has 0 radical (unpaired) electrons. The molecule has 174 valence electrons. The Morgan fingerprint density at radius 2 is 1.94 bits per heavy atom. The maximum atomic E-state index is 13.4. The minimum absolute atomic E-state index is 0.0594. The van der Waals surface area contributed by atoms with Crippen molar-refractivity contribution in [3.63, 3.8) is 0 Å². The minimum atomic E-state index is -0.858. The highest BCUT2D eigenvalue weighted by Gasteiger charge is 2.47. The number of methoxy groups -OCH3 is 1. The second kappa shape index (κ2) is 9.62. The summed E-state index contributed by atoms with van der Waals surface area (Å²) in [5.74, 6) is -1.38. The number of hydrogen-bond donors (Lipinski definition) is 1. The van der Waals surface area contributed by atoms with E-state index in [9.17, 15) is 19.1 Å². The van der Waals surface area contributed by atoms with Gasteiger partial charge in [-0.3, -0.25) is 9.59 Å². The Labute approximate surface area is 191 Å². The topological polar surface area (TPSA) is 85.3 Å². The number of likely N-dealkylation sites (tertiary alicyclic amines) is 1. The smallest absolute Gasteiger partial charge is 0.295 e. The number of benzene rings is 2. The Hall–Kier alpha value is -3.39. The van der Waals surface area contributed by atoms with Crippen molar-refractivity contribution in [2.24, 2.45) is 0 Å². The number of hydrogen-bond acceptors (Lipinski definition) is 6. The number of nitrogens with zero attached hydrogens (tertiary/aromatic N) is 1. The maximum Gasteiger partial charge on any atom is 0.295 e. The van der Waals surface area contributed by atoms with Crippen molar-refractivity contribution in [3.05, 3.63) is 65.0 Å². The van der Waals surface area contributed by atoms with Crippen molar-refractivity contribution >= 4 is 17.4 Å². The summed E-state index contributed by atoms with van der Waals surface area (Å²) in [6, 6.07) is 9.40. The largest absolute Gasteiger partial charge is 0.507 e. The summed E-state index contributed by atoms with van der Waals surface area (Å²) in [5, 5.41) is 11.0. The fourth-order valence-electron chi connectivity index (χ4n) is 4.31. The molecule has 2 fully saturated rings. The van der Waals surface area contributed by atoms with Crippen LogP contribution in [-0.2, 0) is 14.3 Å². The Morgan fingerprint density at radius 3 is 2.58 bits per heavy atom. The molecule has 1 N–H and O–H groups in total. The van der Waals surface area contributed by atoms with Crippen LogP contribution < -0.4 is 9.47 Å². The van der Waals surface area contributed by atoms with E-state index in [0.29, 0.717) is 30.3 Å². The van der Waals surface area contributed by atoms with Crippen LogP contribution in [-0.4, -0.2) is 54.7 Å². The van der Waals surface area contributed by atoms with Crippen molar-refractivity contribution in [2.75, 3.05) is 26.9 Å². The lowest BCUT2D eigenvalue weighted by atomic mass is 9.94. The van der Waals surface area contributed by atoms with Gasteiger partial charge in [0.2, 0.25) is 0 Å². The fourth-order valence-corrected chi connectivity index (χ4v) is 4.31. The monoisotopic (exact) mass is 455 g/mol. The number of aliphatic hydroxyl groups excluding tert-OH is 1. The van der Waals surface area contributed by atoms with Gasteiger partial charge in [0.05, 0.1) is 31.4 Å². The number of halogens is 1. The SMILES string of the molecule is CCOc1ccc(C2C(=C(O)c3ccc(F)cc3)C(=O)C(=O)N2CC2CCCO2)cc1OC. The van der Waals surface area contributed by atoms with Crippen LogP contribution in [0.25, 0.3) is 5.76 Å². The average molecular weight is 455 g/mol. The second-order valence-corrected chi connectivity index (χ2v) is 7.94. The molecular formula is C25H26FNO6. The highest BCUT2D eigenvalue weighted by Crippen LogP contribution is 2.42. The van der Waals surface area contributed by atoms with Crippen LogP contribution in [0.1, 0.15) is 36.9 Å². The summed E-state index contributed by atoms with van der Waals surface area (Å²) < 4.78 is 30.2. The van der Waals surface area contributed by atoms with E-state index in [4.69, 9.17) is 14.2 Å². The molecule has 2 aliphatic rings. The molecule has 2 aliphatic heterocycles. The zero-order valence-electron chi connectivity index (χ0n) is 18.5. The van der Waals surface area contributed by atoms with E-state index in [1.165, 1.54) is 36.3 Å². The predicted molar refractivity (Wildman–Crippen MR) is 119 cm³/mol. The molecule has 8 heteroatoms. The maximum absolute atomic E-state index is 13.4. The number of amides is 1. The molecule has 0 aliphatic carbocycles. The average Bonchev–Trinajstić information content (AvgIpc) is 3.42. The molecule has 4 rings (SSSR count). The van der Waals surface area contributed by atoms with Gasteiger partial charge in [0.1, 0.15) is 11.6 Å². The number of ketones is 1. The lowest BCUT2D eigenvalue weighted by molar-refractivity contribution is -0.140. The first kappa shape index (κ1) is 22.8. The van der Waals surface area contributed by atoms with Gasteiger partial charge in [0, 0.05) is 18.7 Å². The highest BCUT2D eigenvalue weighted by molar-refractivity contribution is 6.46. The molecule has 0 spiro atoms. The Kier molecular flexibility index (Phi) is 6.65. The molecule has 1 amide bonds. The number of carbonyl (C=O) groups is 2. The summed E-state index contributed by atoms with van der Waals surface area (Å²) in [4.78, 5) is 27.6. The summed E-state index contributed by atoms with van der Waals surface area (Å²) >= 11 is 0. The van der Waals surface area contributed by atoms with Crippen LogP contribution in [0.5, 0.6) is 11.5 Å². The molecule has 2 aromatic carbocycles. The predicted octanol–water partition coefficient (Wildman–Crippen LogP) is 3.83. The van der Waals surface area contributed by atoms with Gasteiger partial charge in [0.25, 0.3) is 11.7 Å². The van der Waals surface area contributed by atoms with Gasteiger partial charge in [-0.05, 0) is 61.7 Å². The number of ether oxygens (including phenoxy) is 3. The first-order chi connectivity index (χ1) is 15.9. The van der Waals surface area contributed by atoms with Crippen LogP contribution in [0.3, 0.4) is 0 Å². The van der Waals surface area contributed by atoms with Crippen molar-refractivity contribution < 1.29 is 33.3 Å². The number of rotatable bonds is 7. The van der Waals surface area contributed by atoms with Crippen LogP contribution in [0.15, 0.2) is 48.0 Å². The molecule has 2 saturated heterocycles. The van der Waals surface area contributed by atoms with Crippen LogP contribution >= 0.6 is 0 Å². The molecule has 0 saturated carbocycles. The molecular weight excluding hydrogens is 429 g/mol. The van der Waals surface area contributed by atoms with Crippen LogP contribution in [0.2, 0.25) is 0 Å². The highest BCUT2D eigenvalue weighted by atomic mass is 19.1. The molecule has 2 unspecified atom stereocenters. The zero-order chi connectivity index (χ0) is 23.5. The van der Waals surface area contributed by atoms with Gasteiger partial charge in [-0.1, -0.05) is 6.07 Å². The molecule has 7 nitrogen and oxygen atoms in total. The number of Topliss-reactive ketones (excluding diaryl/α,β-unsaturated/α-hetero) is 1. The van der Waals surface area contributed by atoms with Crippen molar-refractivity contribution in [3.8, 4) is 11.5 Å². The number of aliphatic hydroxyl groups is 1. The molecule has 33 heavy (non-hydrogen) atoms. The second-order valence-electron chi connectivity index (χ2n) is 7.94. The van der Waals surface area contributed by atoms with E-state index >= 15 is 0 Å². The van der Waals surface area contributed by atoms with Gasteiger partial charge >= 0.3 is 0 Å². The van der Waals surface area contributed by atoms with Gasteiger partial charge in [-0.25, -0.2) is 4.39 Å². The van der Waals surface area contributed by atoms with E-state index in [1.54, 1.807) is 18.2 Å². The van der Waals surface area contributed by atoms with Gasteiger partial charge < -0.3 is 24.2 Å². The lowest BCUT2D eigenvalue weighted by Crippen LogP contribution is -2.36. The van der Waals surface area contributed by atoms with E-state index in [-0.39, 0.29) is 29.5 Å². The summed E-state index contributed by atoms with van der Waals surface area (Å²) in [6.45, 7) is 3.11. The fraction of sp³-hybridized carbons (Fsp3) is 0.360. The van der Waals surface area contributed by atoms with Crippen LogP contribution in [0.4, 0.5) is 4.39 Å². The Balaban J connectivity index is 1.83. The van der Waals surface area contributed by atoms with Gasteiger partial charge in [-0.2, -0.15) is 0 Å². The van der Waals surface area contributed by atoms with Crippen LogP contribution in [0, 0.1) is 5.82 Å². The van der Waals surface area contributed by atoms with E-state index in [2.05, 4.69) is 0 Å². The molecule has 0 bridgehead atoms. The standard InChI is InChI=1S/C25H26FNO6/c1-3-32-19-11-8-16(13-20(19)31-2)22-21(23(28)15-6-9-17(26)10-7-15)24(29)25(30)27(22)14-18-5-4-12-33-18/h6-11,13,18,22,28H,3-5,12,14H2,1-2H3. The third-order valence-corrected chi connectivity index (χ3v) is 5.89. The van der Waals surface area contributed by atoms with Crippen molar-refractivity contribution in [1.82, 2.24) is 4.90 Å². The molecule has 2 heterocycles. The Bertz CT molecular complexity index is 1070. The van der Waals surface area contributed by atoms with E-state index in [0.717, 1.165) is 12.8 Å². The third kappa shape index (κ3) is 4.43. The molecule has 0 aromatic heterocycles. The third-order valence-electron chi connectivity index (χ3n) is 5.89. The first-order valence-electron chi connectivity index (χ1n) is 10.9. The van der Waals surface area contributed by atoms with Gasteiger partial charge in [-0.15, -0.1) is 0 Å². The summed E-state index contributed by atoms with van der Waals surface area (Å²) in [7, 11) is 1.50. The van der Waals surface area contributed by atoms with Crippen molar-refractivity contribution in [1.29, 1.82) is 0 Å². The number of carbonyl (C=O) groups excluding carboxylic acids is 2. The lowest BCUT2D eigenvalue weighted by Gasteiger charge is -2.28. The molecule has 2 atom stereocenters. The molecule has 2 aromatic rings.